The van der Waals surface area contributed by atoms with E-state index >= 15 is 0 Å². The summed E-state index contributed by atoms with van der Waals surface area (Å²) in [5.41, 5.74) is 9.88. The fraction of sp³-hybridized carbons (Fsp3) is 0.0400. The Morgan fingerprint density at radius 3 is 2.00 bits per heavy atom. The number of rotatable bonds is 7. The molecule has 10 aromatic rings. The van der Waals surface area contributed by atoms with Gasteiger partial charge in [0, 0.05) is 76.9 Å². The van der Waals surface area contributed by atoms with Gasteiger partial charge in [-0.05, 0) is 59.3 Å². The molecule has 0 amide bonds. The molecule has 0 aliphatic heterocycles. The third-order valence-corrected chi connectivity index (χ3v) is 10.1. The Morgan fingerprint density at radius 2 is 1.27 bits per heavy atom. The monoisotopic (exact) mass is 907 g/mol. The van der Waals surface area contributed by atoms with Crippen LogP contribution >= 0.6 is 0 Å². The van der Waals surface area contributed by atoms with Crippen LogP contribution in [0.5, 0.6) is 0 Å². The van der Waals surface area contributed by atoms with E-state index in [4.69, 9.17) is 13.2 Å². The van der Waals surface area contributed by atoms with Crippen LogP contribution in [0.1, 0.15) is 13.8 Å². The summed E-state index contributed by atoms with van der Waals surface area (Å²) >= 11 is 0. The van der Waals surface area contributed by atoms with Gasteiger partial charge in [-0.2, -0.15) is 12.1 Å². The molecule has 0 N–H and O–H groups in total. The molecule has 272 valence electrons. The maximum Gasteiger partial charge on any atom is 0.188 e. The number of hydrogen-bond acceptors (Lipinski definition) is 2. The maximum absolute atomic E-state index is 8.33. The van der Waals surface area contributed by atoms with Gasteiger partial charge < -0.3 is 9.47 Å². The number of imidazole rings is 1. The van der Waals surface area contributed by atoms with Crippen LogP contribution in [0.15, 0.2) is 182 Å². The van der Waals surface area contributed by atoms with E-state index in [0.29, 0.717) is 33.9 Å². The molecule has 0 saturated carbocycles. The van der Waals surface area contributed by atoms with Gasteiger partial charge in [0.25, 0.3) is 0 Å². The molecule has 5 nitrogen and oxygen atoms in total. The van der Waals surface area contributed by atoms with E-state index in [-0.39, 0.29) is 26.6 Å². The summed E-state index contributed by atoms with van der Waals surface area (Å²) in [5, 5.41) is 1.89. The van der Waals surface area contributed by atoms with Gasteiger partial charge in [0.05, 0.1) is 5.69 Å². The van der Waals surface area contributed by atoms with Crippen molar-refractivity contribution in [1.29, 1.82) is 0 Å². The molecular formula is C50H36N5Pt-. The quantitative estimate of drug-likeness (QED) is 0.149. The maximum atomic E-state index is 8.33. The van der Waals surface area contributed by atoms with Gasteiger partial charge in [0.2, 0.25) is 0 Å². The van der Waals surface area contributed by atoms with Crippen LogP contribution in [0, 0.1) is 19.0 Å². The zero-order valence-electron chi connectivity index (χ0n) is 35.9. The molecule has 0 unspecified atom stereocenters. The van der Waals surface area contributed by atoms with Crippen molar-refractivity contribution in [1.82, 2.24) is 18.7 Å². The Balaban J connectivity index is 0.00000490. The minimum atomic E-state index is -2.41. The first-order chi connectivity index (χ1) is 29.5. The van der Waals surface area contributed by atoms with Crippen LogP contribution in [0.2, 0.25) is 0 Å². The molecule has 3 heterocycles. The predicted octanol–water partition coefficient (Wildman–Crippen LogP) is 12.5. The standard InChI is InChI=1S/C50H36N5.Pt/c1-35-29-30-51-49(31-35)55-45-24-10-9-21-43(45)44-28-27-40(33-48(44)55)54(39-20-13-19-38(32-39)53-34-52(2)46-25-11-12-26-47(46)53)50-41(36-15-5-3-6-16-36)22-14-23-42(50)37-17-7-4-8-18-37;/h3-31,34H,1-2H3;/q-1;/i1D3,2D3;. The Kier molecular flexibility index (Phi) is 7.51. The molecule has 0 saturated heterocycles. The van der Waals surface area contributed by atoms with Crippen molar-refractivity contribution >= 4 is 49.9 Å². The molecule has 0 spiro atoms. The smallest absolute Gasteiger partial charge is 0.188 e. The van der Waals surface area contributed by atoms with Gasteiger partial charge in [0.1, 0.15) is 5.82 Å². The molecule has 0 fully saturated rings. The number of aromatic nitrogens is 4. The molecule has 7 aromatic carbocycles. The average molecular weight is 908 g/mol. The van der Waals surface area contributed by atoms with Gasteiger partial charge in [-0.3, -0.25) is 0 Å². The van der Waals surface area contributed by atoms with E-state index in [1.807, 2.05) is 106 Å². The van der Waals surface area contributed by atoms with Crippen LogP contribution in [0.4, 0.5) is 17.1 Å². The number of nitrogens with zero attached hydrogens (tertiary/aromatic N) is 5. The summed E-state index contributed by atoms with van der Waals surface area (Å²) in [6.07, 6.45) is 3.15. The number of para-hydroxylation sites is 4. The van der Waals surface area contributed by atoms with Crippen molar-refractivity contribution in [2.24, 2.45) is 6.98 Å². The van der Waals surface area contributed by atoms with Crippen LogP contribution in [0.25, 0.3) is 66.6 Å². The number of anilines is 3. The van der Waals surface area contributed by atoms with Gasteiger partial charge in [-0.25, -0.2) is 14.1 Å². The van der Waals surface area contributed by atoms with Crippen molar-refractivity contribution < 1.29 is 29.3 Å². The van der Waals surface area contributed by atoms with Crippen LogP contribution < -0.4 is 4.90 Å². The second-order valence-corrected chi connectivity index (χ2v) is 13.4. The van der Waals surface area contributed by atoms with E-state index in [9.17, 15) is 0 Å². The van der Waals surface area contributed by atoms with Crippen molar-refractivity contribution in [3.8, 4) is 33.8 Å². The molecule has 0 aliphatic rings. The Hall–Kier alpha value is -6.55. The topological polar surface area (TPSA) is 30.9 Å². The second kappa shape index (κ2) is 14.6. The van der Waals surface area contributed by atoms with E-state index in [1.54, 1.807) is 12.4 Å². The Labute approximate surface area is 349 Å². The SMILES string of the molecule is [2H]C([2H])([2H])c1ccnc(-n2c3[c-]c(N(c4[c-]c(-n5[cH+]n(C([2H])([2H])[2H])c6ccccc65)ccc4)c4c(-c5ccccc5)cccc4-c4ccccc4)ccc3c3ccccc32)c1.[Pt]. The largest absolute Gasteiger partial charge is 0.357 e. The molecule has 10 rings (SSSR count). The third kappa shape index (κ3) is 6.02. The fourth-order valence-corrected chi connectivity index (χ4v) is 7.67. The van der Waals surface area contributed by atoms with Gasteiger partial charge in [-0.1, -0.05) is 120 Å². The van der Waals surface area contributed by atoms with E-state index in [1.165, 1.54) is 16.8 Å². The normalized spacial score (nSPS) is 13.3. The number of aryl methyl sites for hydroxylation is 2. The second-order valence-electron chi connectivity index (χ2n) is 13.4. The minimum absolute atomic E-state index is 0. The molecule has 6 heteroatoms. The number of hydrogen-bond donors (Lipinski definition) is 0. The van der Waals surface area contributed by atoms with Crippen molar-refractivity contribution in [2.75, 3.05) is 4.90 Å². The average Bonchev–Trinajstić information content (AvgIpc) is 3.84. The molecular weight excluding hydrogens is 866 g/mol. The van der Waals surface area contributed by atoms with Gasteiger partial charge in [0.15, 0.2) is 17.4 Å². The number of pyridine rings is 1. The number of benzene rings is 7. The van der Waals surface area contributed by atoms with Gasteiger partial charge in [-0.15, -0.1) is 29.7 Å². The summed E-state index contributed by atoms with van der Waals surface area (Å²) in [5.74, 6) is 0.463. The Bertz CT molecular complexity index is 3190. The first-order valence-electron chi connectivity index (χ1n) is 21.1. The molecule has 3 aromatic heterocycles. The zero-order chi connectivity index (χ0) is 41.9. The van der Waals surface area contributed by atoms with Crippen LogP contribution in [-0.4, -0.2) is 18.7 Å². The minimum Gasteiger partial charge on any atom is -0.357 e. The van der Waals surface area contributed by atoms with Crippen molar-refractivity contribution in [3.05, 3.63) is 200 Å². The van der Waals surface area contributed by atoms with Gasteiger partial charge >= 0.3 is 0 Å². The summed E-state index contributed by atoms with van der Waals surface area (Å²) in [7, 11) is 0. The fourth-order valence-electron chi connectivity index (χ4n) is 7.67. The number of fused-ring (bicyclic) bond motifs is 4. The summed E-state index contributed by atoms with van der Waals surface area (Å²) in [4.78, 5) is 6.87. The van der Waals surface area contributed by atoms with Crippen molar-refractivity contribution in [3.63, 3.8) is 0 Å². The molecule has 56 heavy (non-hydrogen) atoms. The van der Waals surface area contributed by atoms with E-state index in [0.717, 1.165) is 49.7 Å². The molecule has 0 radical (unpaired) electrons. The first-order valence-corrected chi connectivity index (χ1v) is 18.1. The third-order valence-electron chi connectivity index (χ3n) is 10.1. The molecule has 0 aliphatic carbocycles. The zero-order valence-corrected chi connectivity index (χ0v) is 32.1. The van der Waals surface area contributed by atoms with E-state index in [2.05, 4.69) is 77.7 Å². The summed E-state index contributed by atoms with van der Waals surface area (Å²) in [6, 6.07) is 62.9. The van der Waals surface area contributed by atoms with Crippen molar-refractivity contribution in [2.45, 2.75) is 6.85 Å². The van der Waals surface area contributed by atoms with Crippen LogP contribution in [0.3, 0.4) is 0 Å². The van der Waals surface area contributed by atoms with E-state index < -0.39 is 13.8 Å². The molecule has 0 bridgehead atoms. The predicted molar refractivity (Wildman–Crippen MR) is 227 cm³/mol. The summed E-state index contributed by atoms with van der Waals surface area (Å²) < 4.78 is 54.7. The Morgan fingerprint density at radius 1 is 0.607 bits per heavy atom. The molecule has 0 atom stereocenters. The first kappa shape index (κ1) is 28.8. The summed E-state index contributed by atoms with van der Waals surface area (Å²) in [6.45, 7) is -4.74. The van der Waals surface area contributed by atoms with Crippen LogP contribution in [-0.2, 0) is 28.0 Å².